The van der Waals surface area contributed by atoms with Crippen LogP contribution in [0, 0.1) is 5.92 Å². The third-order valence-corrected chi connectivity index (χ3v) is 3.14. The molecule has 2 rings (SSSR count). The number of rotatable bonds is 2. The Labute approximate surface area is 102 Å². The maximum Gasteiger partial charge on any atom is 0.227 e. The summed E-state index contributed by atoms with van der Waals surface area (Å²) in [5, 5.41) is 0. The van der Waals surface area contributed by atoms with Crippen LogP contribution in [0.1, 0.15) is 6.42 Å². The van der Waals surface area contributed by atoms with Gasteiger partial charge in [0.2, 0.25) is 5.91 Å². The second-order valence-electron chi connectivity index (χ2n) is 3.85. The SMILES string of the molecule is NCC1CC(=O)N(c2ccc(Br)nc2N)C1. The molecule has 0 saturated carbocycles. The molecule has 0 radical (unpaired) electrons. The molecule has 1 aliphatic rings. The number of nitrogens with two attached hydrogens (primary N) is 2. The Morgan fingerprint density at radius 2 is 2.31 bits per heavy atom. The molecule has 0 bridgehead atoms. The lowest BCUT2D eigenvalue weighted by Crippen LogP contribution is -2.26. The molecule has 86 valence electrons. The maximum atomic E-state index is 11.8. The zero-order valence-electron chi connectivity index (χ0n) is 8.69. The van der Waals surface area contributed by atoms with Gasteiger partial charge in [0.25, 0.3) is 0 Å². The summed E-state index contributed by atoms with van der Waals surface area (Å²) in [7, 11) is 0. The van der Waals surface area contributed by atoms with Gasteiger partial charge in [0.1, 0.15) is 10.4 Å². The zero-order chi connectivity index (χ0) is 11.7. The number of aromatic nitrogens is 1. The summed E-state index contributed by atoms with van der Waals surface area (Å²) >= 11 is 3.23. The highest BCUT2D eigenvalue weighted by molar-refractivity contribution is 9.10. The monoisotopic (exact) mass is 284 g/mol. The topological polar surface area (TPSA) is 85.2 Å². The third kappa shape index (κ3) is 2.03. The summed E-state index contributed by atoms with van der Waals surface area (Å²) in [5.74, 6) is 0.641. The Morgan fingerprint density at radius 1 is 1.56 bits per heavy atom. The highest BCUT2D eigenvalue weighted by Crippen LogP contribution is 2.29. The highest BCUT2D eigenvalue weighted by Gasteiger charge is 2.30. The molecule has 0 aliphatic carbocycles. The third-order valence-electron chi connectivity index (χ3n) is 2.70. The molecule has 1 aromatic rings. The van der Waals surface area contributed by atoms with Crippen LogP contribution >= 0.6 is 15.9 Å². The Morgan fingerprint density at radius 3 is 2.88 bits per heavy atom. The molecular formula is C10H13BrN4O. The molecule has 1 fully saturated rings. The average molecular weight is 285 g/mol. The summed E-state index contributed by atoms with van der Waals surface area (Å²) in [5.41, 5.74) is 12.0. The fraction of sp³-hybridized carbons (Fsp3) is 0.400. The number of hydrogen-bond acceptors (Lipinski definition) is 4. The molecule has 5 nitrogen and oxygen atoms in total. The van der Waals surface area contributed by atoms with Crippen LogP contribution in [0.15, 0.2) is 16.7 Å². The standard InChI is InChI=1S/C10H13BrN4O/c11-8-2-1-7(10(13)14-8)15-5-6(4-12)3-9(15)16/h1-2,6H,3-5,12H2,(H2,13,14). The van der Waals surface area contributed by atoms with Crippen molar-refractivity contribution >= 4 is 33.3 Å². The predicted molar refractivity (Wildman–Crippen MR) is 65.9 cm³/mol. The van der Waals surface area contributed by atoms with Crippen molar-refractivity contribution in [2.45, 2.75) is 6.42 Å². The van der Waals surface area contributed by atoms with Gasteiger partial charge in [-0.3, -0.25) is 4.79 Å². The van der Waals surface area contributed by atoms with Gasteiger partial charge in [-0.05, 0) is 40.5 Å². The smallest absolute Gasteiger partial charge is 0.227 e. The molecule has 1 atom stereocenters. The molecule has 0 spiro atoms. The number of halogens is 1. The van der Waals surface area contributed by atoms with Crippen molar-refractivity contribution in [1.29, 1.82) is 0 Å². The van der Waals surface area contributed by atoms with Crippen molar-refractivity contribution in [1.82, 2.24) is 4.98 Å². The first-order valence-electron chi connectivity index (χ1n) is 5.04. The second kappa shape index (κ2) is 4.39. The van der Waals surface area contributed by atoms with Crippen molar-refractivity contribution in [2.75, 3.05) is 23.7 Å². The molecule has 1 unspecified atom stereocenters. The van der Waals surface area contributed by atoms with E-state index in [1.54, 1.807) is 17.0 Å². The number of carbonyl (C=O) groups excluding carboxylic acids is 1. The van der Waals surface area contributed by atoms with E-state index in [1.807, 2.05) is 0 Å². The van der Waals surface area contributed by atoms with Crippen molar-refractivity contribution < 1.29 is 4.79 Å². The molecule has 1 saturated heterocycles. The molecule has 4 N–H and O–H groups in total. The summed E-state index contributed by atoms with van der Waals surface area (Å²) in [6, 6.07) is 3.57. The van der Waals surface area contributed by atoms with Crippen molar-refractivity contribution in [3.05, 3.63) is 16.7 Å². The van der Waals surface area contributed by atoms with Gasteiger partial charge in [0, 0.05) is 13.0 Å². The normalized spacial score (nSPS) is 20.5. The first kappa shape index (κ1) is 11.3. The van der Waals surface area contributed by atoms with E-state index in [1.165, 1.54) is 0 Å². The highest BCUT2D eigenvalue weighted by atomic mass is 79.9. The van der Waals surface area contributed by atoms with Gasteiger partial charge in [0.15, 0.2) is 0 Å². The summed E-state index contributed by atoms with van der Waals surface area (Å²) < 4.78 is 0.663. The summed E-state index contributed by atoms with van der Waals surface area (Å²) in [6.45, 7) is 1.15. The fourth-order valence-corrected chi connectivity index (χ4v) is 2.17. The lowest BCUT2D eigenvalue weighted by Gasteiger charge is -2.17. The summed E-state index contributed by atoms with van der Waals surface area (Å²) in [4.78, 5) is 17.5. The number of carbonyl (C=O) groups is 1. The van der Waals surface area contributed by atoms with E-state index in [0.29, 0.717) is 35.6 Å². The number of hydrogen-bond donors (Lipinski definition) is 2. The van der Waals surface area contributed by atoms with Crippen LogP contribution in [0.2, 0.25) is 0 Å². The molecule has 1 aromatic heterocycles. The largest absolute Gasteiger partial charge is 0.382 e. The molecule has 1 amide bonds. The van der Waals surface area contributed by atoms with Crippen molar-refractivity contribution in [3.63, 3.8) is 0 Å². The van der Waals surface area contributed by atoms with E-state index in [2.05, 4.69) is 20.9 Å². The van der Waals surface area contributed by atoms with Crippen molar-refractivity contribution in [2.24, 2.45) is 11.7 Å². The zero-order valence-corrected chi connectivity index (χ0v) is 10.3. The Hall–Kier alpha value is -1.14. The number of nitrogen functional groups attached to an aromatic ring is 1. The maximum absolute atomic E-state index is 11.8. The van der Waals surface area contributed by atoms with Crippen LogP contribution in [0.5, 0.6) is 0 Å². The predicted octanol–water partition coefficient (Wildman–Crippen LogP) is 0.738. The van der Waals surface area contributed by atoms with Gasteiger partial charge in [-0.2, -0.15) is 0 Å². The Balaban J connectivity index is 2.28. The summed E-state index contributed by atoms with van der Waals surface area (Å²) in [6.07, 6.45) is 0.492. The van der Waals surface area contributed by atoms with Gasteiger partial charge in [-0.1, -0.05) is 0 Å². The van der Waals surface area contributed by atoms with Crippen LogP contribution in [-0.2, 0) is 4.79 Å². The Kier molecular flexibility index (Phi) is 3.11. The van der Waals surface area contributed by atoms with Gasteiger partial charge < -0.3 is 16.4 Å². The second-order valence-corrected chi connectivity index (χ2v) is 4.66. The van der Waals surface area contributed by atoms with E-state index in [4.69, 9.17) is 11.5 Å². The molecule has 2 heterocycles. The van der Waals surface area contributed by atoms with Crippen LogP contribution in [0.25, 0.3) is 0 Å². The minimum Gasteiger partial charge on any atom is -0.382 e. The van der Waals surface area contributed by atoms with E-state index < -0.39 is 0 Å². The van der Waals surface area contributed by atoms with Gasteiger partial charge in [0.05, 0.1) is 5.69 Å². The molecule has 0 aromatic carbocycles. The first-order chi connectivity index (χ1) is 7.61. The lowest BCUT2D eigenvalue weighted by atomic mass is 10.1. The quantitative estimate of drug-likeness (QED) is 0.785. The molecule has 6 heteroatoms. The number of amides is 1. The van der Waals surface area contributed by atoms with Gasteiger partial charge in [-0.25, -0.2) is 4.98 Å². The minimum atomic E-state index is 0.0614. The molecule has 16 heavy (non-hydrogen) atoms. The van der Waals surface area contributed by atoms with Gasteiger partial charge in [-0.15, -0.1) is 0 Å². The van der Waals surface area contributed by atoms with E-state index in [0.717, 1.165) is 0 Å². The van der Waals surface area contributed by atoms with Crippen LogP contribution in [0.3, 0.4) is 0 Å². The van der Waals surface area contributed by atoms with E-state index in [9.17, 15) is 4.79 Å². The van der Waals surface area contributed by atoms with Crippen LogP contribution in [-0.4, -0.2) is 24.0 Å². The number of pyridine rings is 1. The first-order valence-corrected chi connectivity index (χ1v) is 5.83. The Bertz CT molecular complexity index is 423. The molecule has 1 aliphatic heterocycles. The van der Waals surface area contributed by atoms with E-state index >= 15 is 0 Å². The minimum absolute atomic E-state index is 0.0614. The number of nitrogens with zero attached hydrogens (tertiary/aromatic N) is 2. The van der Waals surface area contributed by atoms with Crippen molar-refractivity contribution in [3.8, 4) is 0 Å². The van der Waals surface area contributed by atoms with Crippen LogP contribution in [0.4, 0.5) is 11.5 Å². The lowest BCUT2D eigenvalue weighted by molar-refractivity contribution is -0.117. The molecular weight excluding hydrogens is 272 g/mol. The average Bonchev–Trinajstić information content (AvgIpc) is 2.60. The fourth-order valence-electron chi connectivity index (χ4n) is 1.84. The van der Waals surface area contributed by atoms with Gasteiger partial charge >= 0.3 is 0 Å². The van der Waals surface area contributed by atoms with E-state index in [-0.39, 0.29) is 11.8 Å². The van der Waals surface area contributed by atoms with Crippen LogP contribution < -0.4 is 16.4 Å². The number of anilines is 2.